The Bertz CT molecular complexity index is 451. The molecule has 1 amide bonds. The maximum Gasteiger partial charge on any atom is 0.258 e. The molecule has 0 aliphatic carbocycles. The van der Waals surface area contributed by atoms with Crippen molar-refractivity contribution in [1.82, 2.24) is 0 Å². The summed E-state index contributed by atoms with van der Waals surface area (Å²) in [7, 11) is 0. The van der Waals surface area contributed by atoms with Crippen LogP contribution < -0.4 is 16.2 Å². The first kappa shape index (κ1) is 13.7. The van der Waals surface area contributed by atoms with Crippen LogP contribution in [0.4, 0.5) is 0 Å². The van der Waals surface area contributed by atoms with Gasteiger partial charge in [0.1, 0.15) is 10.7 Å². The summed E-state index contributed by atoms with van der Waals surface area (Å²) in [6, 6.07) is 4.85. The number of halogens is 1. The number of benzene rings is 1. The largest absolute Gasteiger partial charge is 0.481 e. The second kappa shape index (κ2) is 5.84. The molecule has 4 N–H and O–H groups in total. The van der Waals surface area contributed by atoms with Gasteiger partial charge in [-0.25, -0.2) is 0 Å². The van der Waals surface area contributed by atoms with Crippen molar-refractivity contribution in [2.75, 3.05) is 0 Å². The second-order valence-electron chi connectivity index (χ2n) is 3.42. The van der Waals surface area contributed by atoms with E-state index in [2.05, 4.69) is 0 Å². The molecule has 0 heterocycles. The van der Waals surface area contributed by atoms with E-state index in [1.807, 2.05) is 0 Å². The van der Waals surface area contributed by atoms with Crippen LogP contribution in [0, 0.1) is 0 Å². The van der Waals surface area contributed by atoms with Crippen molar-refractivity contribution < 1.29 is 9.53 Å². The summed E-state index contributed by atoms with van der Waals surface area (Å²) >= 11 is 10.8. The minimum Gasteiger partial charge on any atom is -0.481 e. The van der Waals surface area contributed by atoms with Crippen LogP contribution in [-0.2, 0) is 4.79 Å². The van der Waals surface area contributed by atoms with Gasteiger partial charge >= 0.3 is 0 Å². The van der Waals surface area contributed by atoms with E-state index in [-0.39, 0.29) is 4.99 Å². The maximum absolute atomic E-state index is 11.0. The standard InChI is InChI=1S/C11H13ClN2O2S/c1-2-9(10(13)15)16-6-3-4-7(11(14)17)8(12)5-6/h3-5,9H,2H2,1H3,(H2,13,15)(H2,14,17). The van der Waals surface area contributed by atoms with Crippen molar-refractivity contribution in [1.29, 1.82) is 0 Å². The van der Waals surface area contributed by atoms with E-state index in [1.165, 1.54) is 0 Å². The summed E-state index contributed by atoms with van der Waals surface area (Å²) in [4.78, 5) is 11.2. The lowest BCUT2D eigenvalue weighted by Gasteiger charge is -2.14. The highest BCUT2D eigenvalue weighted by Gasteiger charge is 2.15. The van der Waals surface area contributed by atoms with E-state index in [0.29, 0.717) is 22.8 Å². The SMILES string of the molecule is CCC(Oc1ccc(C(N)=S)c(Cl)c1)C(N)=O. The lowest BCUT2D eigenvalue weighted by Crippen LogP contribution is -2.33. The van der Waals surface area contributed by atoms with Gasteiger partial charge in [0.15, 0.2) is 6.10 Å². The van der Waals surface area contributed by atoms with Crippen LogP contribution in [0.1, 0.15) is 18.9 Å². The zero-order valence-corrected chi connectivity index (χ0v) is 10.8. The van der Waals surface area contributed by atoms with Crippen LogP contribution in [0.15, 0.2) is 18.2 Å². The van der Waals surface area contributed by atoms with Gasteiger partial charge in [-0.1, -0.05) is 30.7 Å². The van der Waals surface area contributed by atoms with Crippen molar-refractivity contribution in [3.8, 4) is 5.75 Å². The Morgan fingerprint density at radius 1 is 1.53 bits per heavy atom. The molecule has 0 radical (unpaired) electrons. The molecule has 4 nitrogen and oxygen atoms in total. The molecule has 0 aliphatic heterocycles. The highest BCUT2D eigenvalue weighted by molar-refractivity contribution is 7.80. The normalized spacial score (nSPS) is 11.9. The molecule has 17 heavy (non-hydrogen) atoms. The number of hydrogen-bond donors (Lipinski definition) is 2. The zero-order chi connectivity index (χ0) is 13.0. The van der Waals surface area contributed by atoms with E-state index in [4.69, 9.17) is 40.0 Å². The van der Waals surface area contributed by atoms with E-state index >= 15 is 0 Å². The quantitative estimate of drug-likeness (QED) is 0.799. The average Bonchev–Trinajstić information content (AvgIpc) is 2.24. The molecular formula is C11H13ClN2O2S. The lowest BCUT2D eigenvalue weighted by atomic mass is 10.2. The molecular weight excluding hydrogens is 260 g/mol. The van der Waals surface area contributed by atoms with Crippen LogP contribution in [0.2, 0.25) is 5.02 Å². The molecule has 0 bridgehead atoms. The molecule has 0 saturated heterocycles. The summed E-state index contributed by atoms with van der Waals surface area (Å²) < 4.78 is 5.40. The third kappa shape index (κ3) is 3.57. The van der Waals surface area contributed by atoms with Crippen molar-refractivity contribution in [2.45, 2.75) is 19.4 Å². The number of nitrogens with two attached hydrogens (primary N) is 2. The Labute approximate surface area is 110 Å². The highest BCUT2D eigenvalue weighted by atomic mass is 35.5. The van der Waals surface area contributed by atoms with Gasteiger partial charge in [0, 0.05) is 5.56 Å². The molecule has 6 heteroatoms. The van der Waals surface area contributed by atoms with Crippen LogP contribution in [0.3, 0.4) is 0 Å². The molecule has 0 saturated carbocycles. The van der Waals surface area contributed by atoms with Crippen LogP contribution in [0.5, 0.6) is 5.75 Å². The first-order chi connectivity index (χ1) is 7.95. The molecule has 1 rings (SSSR count). The fourth-order valence-corrected chi connectivity index (χ4v) is 1.78. The predicted molar refractivity (Wildman–Crippen MR) is 71.2 cm³/mol. The second-order valence-corrected chi connectivity index (χ2v) is 4.27. The van der Waals surface area contributed by atoms with E-state index in [0.717, 1.165) is 0 Å². The number of thiocarbonyl (C=S) groups is 1. The molecule has 0 spiro atoms. The van der Waals surface area contributed by atoms with Gasteiger partial charge in [0.2, 0.25) is 0 Å². The van der Waals surface area contributed by atoms with Crippen molar-refractivity contribution in [3.05, 3.63) is 28.8 Å². The Balaban J connectivity index is 2.90. The van der Waals surface area contributed by atoms with Crippen molar-refractivity contribution >= 4 is 34.7 Å². The van der Waals surface area contributed by atoms with Gasteiger partial charge in [0.05, 0.1) is 5.02 Å². The highest BCUT2D eigenvalue weighted by Crippen LogP contribution is 2.23. The first-order valence-electron chi connectivity index (χ1n) is 5.01. The van der Waals surface area contributed by atoms with Gasteiger partial charge in [-0.3, -0.25) is 4.79 Å². The summed E-state index contributed by atoms with van der Waals surface area (Å²) in [5.74, 6) is -0.0531. The van der Waals surface area contributed by atoms with Crippen LogP contribution in [-0.4, -0.2) is 17.0 Å². The maximum atomic E-state index is 11.0. The van der Waals surface area contributed by atoms with Crippen molar-refractivity contribution in [2.24, 2.45) is 11.5 Å². The number of rotatable bonds is 5. The van der Waals surface area contributed by atoms with Gasteiger partial charge in [-0.15, -0.1) is 0 Å². The molecule has 0 aliphatic rings. The van der Waals surface area contributed by atoms with Crippen LogP contribution in [0.25, 0.3) is 0 Å². The molecule has 1 aromatic rings. The zero-order valence-electron chi connectivity index (χ0n) is 9.27. The van der Waals surface area contributed by atoms with Crippen molar-refractivity contribution in [3.63, 3.8) is 0 Å². The number of amides is 1. The first-order valence-corrected chi connectivity index (χ1v) is 5.79. The summed E-state index contributed by atoms with van der Waals surface area (Å²) in [5, 5.41) is 0.384. The number of carbonyl (C=O) groups excluding carboxylic acids is 1. The summed E-state index contributed by atoms with van der Waals surface area (Å²) in [6.45, 7) is 1.81. The van der Waals surface area contributed by atoms with Gasteiger partial charge in [-0.2, -0.15) is 0 Å². The van der Waals surface area contributed by atoms with Gasteiger partial charge in [0.25, 0.3) is 5.91 Å². The van der Waals surface area contributed by atoms with E-state index in [1.54, 1.807) is 25.1 Å². The Hall–Kier alpha value is -1.33. The number of primary amides is 1. The summed E-state index contributed by atoms with van der Waals surface area (Å²) in [6.07, 6.45) is -0.175. The third-order valence-electron chi connectivity index (χ3n) is 2.17. The fraction of sp³-hybridized carbons (Fsp3) is 0.273. The molecule has 1 unspecified atom stereocenters. The predicted octanol–water partition coefficient (Wildman–Crippen LogP) is 1.62. The molecule has 0 fully saturated rings. The number of hydrogen-bond acceptors (Lipinski definition) is 3. The lowest BCUT2D eigenvalue weighted by molar-refractivity contribution is -0.124. The van der Waals surface area contributed by atoms with Gasteiger partial charge in [-0.05, 0) is 24.6 Å². The number of ether oxygens (including phenoxy) is 1. The Morgan fingerprint density at radius 3 is 2.59 bits per heavy atom. The topological polar surface area (TPSA) is 78.3 Å². The monoisotopic (exact) mass is 272 g/mol. The average molecular weight is 273 g/mol. The molecule has 1 atom stereocenters. The fourth-order valence-electron chi connectivity index (χ4n) is 1.28. The molecule has 0 aromatic heterocycles. The minimum absolute atomic E-state index is 0.212. The number of carbonyl (C=O) groups is 1. The van der Waals surface area contributed by atoms with Crippen LogP contribution >= 0.6 is 23.8 Å². The molecule has 92 valence electrons. The smallest absolute Gasteiger partial charge is 0.258 e. The van der Waals surface area contributed by atoms with Gasteiger partial charge < -0.3 is 16.2 Å². The molecule has 1 aromatic carbocycles. The van der Waals surface area contributed by atoms with E-state index < -0.39 is 12.0 Å². The summed E-state index contributed by atoms with van der Waals surface area (Å²) in [5.41, 5.74) is 11.2. The Kier molecular flexibility index (Phi) is 4.72. The minimum atomic E-state index is -0.665. The third-order valence-corrected chi connectivity index (χ3v) is 2.71. The van der Waals surface area contributed by atoms with E-state index in [9.17, 15) is 4.79 Å². The Morgan fingerprint density at radius 2 is 2.18 bits per heavy atom.